The van der Waals surface area contributed by atoms with Gasteiger partial charge in [0.15, 0.2) is 0 Å². The summed E-state index contributed by atoms with van der Waals surface area (Å²) in [6.45, 7) is 1.27. The van der Waals surface area contributed by atoms with Crippen molar-refractivity contribution in [3.8, 4) is 0 Å². The molecule has 0 fully saturated rings. The van der Waals surface area contributed by atoms with Gasteiger partial charge in [0.05, 0.1) is 21.1 Å². The van der Waals surface area contributed by atoms with Gasteiger partial charge in [-0.25, -0.2) is 0 Å². The summed E-state index contributed by atoms with van der Waals surface area (Å²) < 4.78 is 9.97. The van der Waals surface area contributed by atoms with Crippen LogP contribution in [0.2, 0.25) is 5.82 Å². The van der Waals surface area contributed by atoms with Crippen molar-refractivity contribution in [2.24, 2.45) is 5.92 Å². The van der Waals surface area contributed by atoms with Crippen LogP contribution in [0, 0.1) is 5.92 Å². The Balaban J connectivity index is 3.61. The van der Waals surface area contributed by atoms with Gasteiger partial charge in [0.25, 0.3) is 0 Å². The highest BCUT2D eigenvalue weighted by Gasteiger charge is 2.11. The average Bonchev–Trinajstić information content (AvgIpc) is 2.05. The average molecular weight is 172 g/mol. The van der Waals surface area contributed by atoms with Crippen LogP contribution in [0.15, 0.2) is 0 Å². The third-order valence-corrected chi connectivity index (χ3v) is 1.68. The smallest absolute Gasteiger partial charge is 0.0730 e. The van der Waals surface area contributed by atoms with Crippen LogP contribution in [0.1, 0.15) is 6.42 Å². The molecule has 0 aromatic rings. The lowest BCUT2D eigenvalue weighted by Crippen LogP contribution is -2.17. The molecule has 0 saturated carbocycles. The molecular formula is C8H17BO3. The summed E-state index contributed by atoms with van der Waals surface area (Å²) in [4.78, 5) is 0. The molecule has 1 N–H and O–H groups in total. The highest BCUT2D eigenvalue weighted by atomic mass is 16.5. The molecule has 0 aliphatic rings. The molecule has 0 unspecified atom stereocenters. The Morgan fingerprint density at radius 2 is 1.75 bits per heavy atom. The van der Waals surface area contributed by atoms with Gasteiger partial charge >= 0.3 is 0 Å². The van der Waals surface area contributed by atoms with Gasteiger partial charge in [-0.2, -0.15) is 0 Å². The molecule has 4 heteroatoms. The second-order valence-corrected chi connectivity index (χ2v) is 2.96. The van der Waals surface area contributed by atoms with Crippen molar-refractivity contribution in [1.82, 2.24) is 0 Å². The normalized spacial score (nSPS) is 13.7. The Labute approximate surface area is 75.5 Å². The Kier molecular flexibility index (Phi) is 7.55. The van der Waals surface area contributed by atoms with E-state index in [1.807, 2.05) is 0 Å². The van der Waals surface area contributed by atoms with Crippen molar-refractivity contribution >= 4 is 7.85 Å². The first-order valence-electron chi connectivity index (χ1n) is 4.08. The fourth-order valence-corrected chi connectivity index (χ4v) is 1.16. The maximum Gasteiger partial charge on any atom is 0.0730 e. The molecule has 0 rings (SSSR count). The molecule has 0 heterocycles. The standard InChI is InChI=1S/C8H17BO3/c1-11-5-7(6-12-2)3-8(9)4-10/h7-8,10H,3-6H2,1-2H3/t8-/m1/s1. The second-order valence-electron chi connectivity index (χ2n) is 2.96. The van der Waals surface area contributed by atoms with Crippen LogP contribution >= 0.6 is 0 Å². The molecule has 3 nitrogen and oxygen atoms in total. The van der Waals surface area contributed by atoms with Gasteiger partial charge < -0.3 is 14.6 Å². The Bertz CT molecular complexity index is 94.3. The van der Waals surface area contributed by atoms with Gasteiger partial charge in [-0.3, -0.25) is 0 Å². The number of rotatable bonds is 7. The van der Waals surface area contributed by atoms with E-state index in [9.17, 15) is 0 Å². The monoisotopic (exact) mass is 172 g/mol. The number of hydrogen-bond acceptors (Lipinski definition) is 3. The van der Waals surface area contributed by atoms with Crippen molar-refractivity contribution < 1.29 is 14.6 Å². The quantitative estimate of drug-likeness (QED) is 0.559. The van der Waals surface area contributed by atoms with Gasteiger partial charge in [-0.05, 0) is 6.42 Å². The maximum atomic E-state index is 8.71. The minimum atomic E-state index is -0.166. The fourth-order valence-electron chi connectivity index (χ4n) is 1.16. The van der Waals surface area contributed by atoms with E-state index in [1.54, 1.807) is 14.2 Å². The summed E-state index contributed by atoms with van der Waals surface area (Å²) in [5.41, 5.74) is 0. The Morgan fingerprint density at radius 1 is 1.25 bits per heavy atom. The molecule has 0 aromatic heterocycles. The van der Waals surface area contributed by atoms with E-state index in [1.165, 1.54) is 0 Å². The van der Waals surface area contributed by atoms with Gasteiger partial charge in [0, 0.05) is 26.7 Å². The third-order valence-electron chi connectivity index (χ3n) is 1.68. The SMILES string of the molecule is [B][C@@H](CO)CC(COC)COC. The molecule has 0 amide bonds. The van der Waals surface area contributed by atoms with Crippen LogP contribution in [-0.4, -0.2) is 47.0 Å². The molecule has 0 aliphatic heterocycles. The summed E-state index contributed by atoms with van der Waals surface area (Å²) in [5.74, 6) is 0.113. The van der Waals surface area contributed by atoms with Crippen LogP contribution in [0.4, 0.5) is 0 Å². The van der Waals surface area contributed by atoms with Crippen LogP contribution in [0.5, 0.6) is 0 Å². The highest BCUT2D eigenvalue weighted by Crippen LogP contribution is 2.14. The summed E-state index contributed by atoms with van der Waals surface area (Å²) in [5, 5.41) is 8.71. The third kappa shape index (κ3) is 5.58. The molecule has 0 aromatic carbocycles. The summed E-state index contributed by atoms with van der Waals surface area (Å²) in [6, 6.07) is 0. The van der Waals surface area contributed by atoms with Crippen LogP contribution in [0.3, 0.4) is 0 Å². The number of methoxy groups -OCH3 is 2. The van der Waals surface area contributed by atoms with E-state index in [2.05, 4.69) is 0 Å². The zero-order chi connectivity index (χ0) is 9.40. The molecule has 1 atom stereocenters. The maximum absolute atomic E-state index is 8.71. The minimum absolute atomic E-state index is 0.0178. The van der Waals surface area contributed by atoms with Crippen molar-refractivity contribution in [2.45, 2.75) is 12.2 Å². The van der Waals surface area contributed by atoms with E-state index in [4.69, 9.17) is 22.4 Å². The van der Waals surface area contributed by atoms with E-state index in [0.29, 0.717) is 13.2 Å². The minimum Gasteiger partial charge on any atom is -0.397 e. The topological polar surface area (TPSA) is 38.7 Å². The number of aliphatic hydroxyl groups excluding tert-OH is 1. The van der Waals surface area contributed by atoms with Crippen LogP contribution in [-0.2, 0) is 9.47 Å². The van der Waals surface area contributed by atoms with Crippen molar-refractivity contribution in [1.29, 1.82) is 0 Å². The van der Waals surface area contributed by atoms with Crippen LogP contribution in [0.25, 0.3) is 0 Å². The lowest BCUT2D eigenvalue weighted by Gasteiger charge is -2.18. The van der Waals surface area contributed by atoms with Gasteiger partial charge in [-0.1, -0.05) is 5.82 Å². The largest absolute Gasteiger partial charge is 0.397 e. The molecular weight excluding hydrogens is 155 g/mol. The van der Waals surface area contributed by atoms with E-state index >= 15 is 0 Å². The molecule has 0 bridgehead atoms. The zero-order valence-electron chi connectivity index (χ0n) is 7.82. The van der Waals surface area contributed by atoms with Crippen molar-refractivity contribution in [3.63, 3.8) is 0 Å². The van der Waals surface area contributed by atoms with E-state index in [0.717, 1.165) is 6.42 Å². The van der Waals surface area contributed by atoms with E-state index < -0.39 is 0 Å². The lowest BCUT2D eigenvalue weighted by molar-refractivity contribution is 0.0768. The zero-order valence-corrected chi connectivity index (χ0v) is 7.82. The highest BCUT2D eigenvalue weighted by molar-refractivity contribution is 6.11. The molecule has 0 spiro atoms. The predicted molar refractivity (Wildman–Crippen MR) is 48.4 cm³/mol. The lowest BCUT2D eigenvalue weighted by atomic mass is 9.81. The fraction of sp³-hybridized carbons (Fsp3) is 1.00. The summed E-state index contributed by atoms with van der Waals surface area (Å²) >= 11 is 0. The molecule has 0 saturated heterocycles. The first-order chi connectivity index (χ1) is 5.74. The van der Waals surface area contributed by atoms with Gasteiger partial charge in [-0.15, -0.1) is 0 Å². The number of ether oxygens (including phenoxy) is 2. The molecule has 70 valence electrons. The summed E-state index contributed by atoms with van der Waals surface area (Å²) in [6.07, 6.45) is 0.734. The van der Waals surface area contributed by atoms with Gasteiger partial charge in [0.1, 0.15) is 0 Å². The first kappa shape index (κ1) is 11.9. The number of hydrogen-bond donors (Lipinski definition) is 1. The Hall–Kier alpha value is -0.0551. The van der Waals surface area contributed by atoms with E-state index in [-0.39, 0.29) is 18.3 Å². The molecule has 2 radical (unpaired) electrons. The van der Waals surface area contributed by atoms with Crippen molar-refractivity contribution in [3.05, 3.63) is 0 Å². The van der Waals surface area contributed by atoms with Crippen LogP contribution < -0.4 is 0 Å². The predicted octanol–water partition coefficient (Wildman–Crippen LogP) is 0.235. The first-order valence-corrected chi connectivity index (χ1v) is 4.08. The molecule has 0 aliphatic carbocycles. The second kappa shape index (κ2) is 7.59. The number of aliphatic hydroxyl groups is 1. The molecule has 12 heavy (non-hydrogen) atoms. The Morgan fingerprint density at radius 3 is 2.08 bits per heavy atom. The summed E-state index contributed by atoms with van der Waals surface area (Å²) in [7, 11) is 8.87. The van der Waals surface area contributed by atoms with Gasteiger partial charge in [0.2, 0.25) is 0 Å². The van der Waals surface area contributed by atoms with Crippen molar-refractivity contribution in [2.75, 3.05) is 34.0 Å².